The van der Waals surface area contributed by atoms with E-state index in [9.17, 15) is 4.79 Å². The van der Waals surface area contributed by atoms with Crippen LogP contribution in [-0.4, -0.2) is 21.0 Å². The third-order valence-electron chi connectivity index (χ3n) is 2.65. The van der Waals surface area contributed by atoms with Crippen LogP contribution in [0.2, 0.25) is 0 Å². The number of thiophene rings is 1. The molecule has 3 rings (SSSR count). The number of aromatic carboxylic acids is 1. The molecule has 0 amide bonds. The van der Waals surface area contributed by atoms with Crippen molar-refractivity contribution in [3.8, 4) is 11.6 Å². The van der Waals surface area contributed by atoms with Crippen LogP contribution >= 0.6 is 11.3 Å². The van der Waals surface area contributed by atoms with Gasteiger partial charge in [0.15, 0.2) is 0 Å². The number of carboxylic acid groups (broad SMARTS) is 1. The standard InChI is InChI=1S/C13H9N3O3S/c14-13-15-4-3-11(16-13)19-7-1-2-8-9(12(17)18)6-20-10(8)5-7/h1-6H,(H,17,18)(H2,14,15,16). The summed E-state index contributed by atoms with van der Waals surface area (Å²) >= 11 is 1.35. The number of hydrogen-bond acceptors (Lipinski definition) is 6. The van der Waals surface area contributed by atoms with Crippen molar-refractivity contribution in [2.75, 3.05) is 5.73 Å². The molecule has 0 saturated carbocycles. The minimum atomic E-state index is -0.937. The number of anilines is 1. The molecule has 0 spiro atoms. The van der Waals surface area contributed by atoms with Gasteiger partial charge in [-0.05, 0) is 18.2 Å². The van der Waals surface area contributed by atoms with Crippen LogP contribution in [-0.2, 0) is 0 Å². The quantitative estimate of drug-likeness (QED) is 0.768. The molecular weight excluding hydrogens is 278 g/mol. The zero-order valence-corrected chi connectivity index (χ0v) is 10.9. The normalized spacial score (nSPS) is 10.6. The summed E-state index contributed by atoms with van der Waals surface area (Å²) in [6.07, 6.45) is 1.50. The molecule has 0 fully saturated rings. The van der Waals surface area contributed by atoms with Gasteiger partial charge in [-0.1, -0.05) is 0 Å². The van der Waals surface area contributed by atoms with Crippen LogP contribution in [0.25, 0.3) is 10.1 Å². The summed E-state index contributed by atoms with van der Waals surface area (Å²) in [5.74, 6) is 0.0996. The molecule has 0 aliphatic rings. The van der Waals surface area contributed by atoms with Crippen LogP contribution in [0, 0.1) is 0 Å². The largest absolute Gasteiger partial charge is 0.478 e. The maximum absolute atomic E-state index is 11.0. The Morgan fingerprint density at radius 3 is 2.95 bits per heavy atom. The minimum absolute atomic E-state index is 0.132. The Morgan fingerprint density at radius 2 is 2.20 bits per heavy atom. The first-order chi connectivity index (χ1) is 9.63. The molecule has 0 saturated heterocycles. The molecular formula is C13H9N3O3S. The minimum Gasteiger partial charge on any atom is -0.478 e. The van der Waals surface area contributed by atoms with E-state index in [0.717, 1.165) is 4.70 Å². The molecule has 3 aromatic rings. The second-order valence-corrected chi connectivity index (χ2v) is 4.88. The Kier molecular flexibility index (Phi) is 2.96. The Hall–Kier alpha value is -2.67. The van der Waals surface area contributed by atoms with Crippen molar-refractivity contribution in [1.29, 1.82) is 0 Å². The Bertz CT molecular complexity index is 800. The molecule has 2 heterocycles. The summed E-state index contributed by atoms with van der Waals surface area (Å²) in [7, 11) is 0. The molecule has 2 aromatic heterocycles. The maximum Gasteiger partial charge on any atom is 0.337 e. The van der Waals surface area contributed by atoms with Gasteiger partial charge in [0, 0.05) is 27.7 Å². The maximum atomic E-state index is 11.0. The van der Waals surface area contributed by atoms with E-state index >= 15 is 0 Å². The van der Waals surface area contributed by atoms with Crippen molar-refractivity contribution in [1.82, 2.24) is 9.97 Å². The number of carbonyl (C=O) groups is 1. The lowest BCUT2D eigenvalue weighted by Gasteiger charge is -2.04. The first kappa shape index (κ1) is 12.4. The zero-order chi connectivity index (χ0) is 14.1. The molecule has 0 aliphatic carbocycles. The van der Waals surface area contributed by atoms with Crippen molar-refractivity contribution >= 4 is 33.3 Å². The summed E-state index contributed by atoms with van der Waals surface area (Å²) in [5, 5.41) is 11.4. The summed E-state index contributed by atoms with van der Waals surface area (Å²) in [6, 6.07) is 6.78. The molecule has 20 heavy (non-hydrogen) atoms. The SMILES string of the molecule is Nc1nccc(Oc2ccc3c(C(=O)O)csc3c2)n1. The second kappa shape index (κ2) is 4.78. The molecule has 0 unspecified atom stereocenters. The van der Waals surface area contributed by atoms with E-state index < -0.39 is 5.97 Å². The van der Waals surface area contributed by atoms with Crippen LogP contribution in [0.1, 0.15) is 10.4 Å². The summed E-state index contributed by atoms with van der Waals surface area (Å²) in [4.78, 5) is 18.7. The fourth-order valence-electron chi connectivity index (χ4n) is 1.77. The van der Waals surface area contributed by atoms with Crippen molar-refractivity contribution in [3.63, 3.8) is 0 Å². The fraction of sp³-hybridized carbons (Fsp3) is 0. The summed E-state index contributed by atoms with van der Waals surface area (Å²) in [6.45, 7) is 0. The van der Waals surface area contributed by atoms with E-state index in [2.05, 4.69) is 9.97 Å². The number of ether oxygens (including phenoxy) is 1. The number of benzene rings is 1. The van der Waals surface area contributed by atoms with Gasteiger partial charge in [0.25, 0.3) is 0 Å². The van der Waals surface area contributed by atoms with E-state index in [1.54, 1.807) is 29.6 Å². The monoisotopic (exact) mass is 287 g/mol. The molecule has 0 bridgehead atoms. The molecule has 3 N–H and O–H groups in total. The van der Waals surface area contributed by atoms with Crippen molar-refractivity contribution < 1.29 is 14.6 Å². The van der Waals surface area contributed by atoms with Gasteiger partial charge in [-0.25, -0.2) is 9.78 Å². The number of fused-ring (bicyclic) bond motifs is 1. The Labute approximate surface area is 117 Å². The van der Waals surface area contributed by atoms with Crippen LogP contribution in [0.5, 0.6) is 11.6 Å². The average Bonchev–Trinajstić information content (AvgIpc) is 2.82. The van der Waals surface area contributed by atoms with Gasteiger partial charge >= 0.3 is 5.97 Å². The van der Waals surface area contributed by atoms with E-state index in [0.29, 0.717) is 22.6 Å². The Balaban J connectivity index is 1.95. The van der Waals surface area contributed by atoms with E-state index in [-0.39, 0.29) is 5.95 Å². The van der Waals surface area contributed by atoms with Gasteiger partial charge in [-0.2, -0.15) is 4.98 Å². The number of nitrogens with two attached hydrogens (primary N) is 1. The molecule has 7 heteroatoms. The highest BCUT2D eigenvalue weighted by Crippen LogP contribution is 2.31. The molecule has 6 nitrogen and oxygen atoms in total. The van der Waals surface area contributed by atoms with Crippen molar-refractivity contribution in [3.05, 3.63) is 41.4 Å². The third kappa shape index (κ3) is 2.26. The van der Waals surface area contributed by atoms with Crippen LogP contribution < -0.4 is 10.5 Å². The number of nitrogen functional groups attached to an aromatic ring is 1. The summed E-state index contributed by atoms with van der Waals surface area (Å²) < 4.78 is 6.40. The molecule has 0 aliphatic heterocycles. The van der Waals surface area contributed by atoms with Gasteiger partial charge in [0.05, 0.1) is 5.56 Å². The first-order valence-electron chi connectivity index (χ1n) is 5.64. The Morgan fingerprint density at radius 1 is 1.35 bits per heavy atom. The topological polar surface area (TPSA) is 98.3 Å². The molecule has 0 atom stereocenters. The molecule has 100 valence electrons. The highest BCUT2D eigenvalue weighted by atomic mass is 32.1. The van der Waals surface area contributed by atoms with Gasteiger partial charge in [-0.3, -0.25) is 0 Å². The first-order valence-corrected chi connectivity index (χ1v) is 6.52. The van der Waals surface area contributed by atoms with E-state index in [1.165, 1.54) is 17.5 Å². The highest BCUT2D eigenvalue weighted by molar-refractivity contribution is 7.17. The lowest BCUT2D eigenvalue weighted by atomic mass is 10.2. The van der Waals surface area contributed by atoms with E-state index in [4.69, 9.17) is 15.6 Å². The second-order valence-electron chi connectivity index (χ2n) is 3.97. The van der Waals surface area contributed by atoms with Crippen LogP contribution in [0.3, 0.4) is 0 Å². The number of nitrogens with zero attached hydrogens (tertiary/aromatic N) is 2. The predicted molar refractivity (Wildman–Crippen MR) is 75.3 cm³/mol. The zero-order valence-electron chi connectivity index (χ0n) is 10.1. The van der Waals surface area contributed by atoms with Crippen LogP contribution in [0.4, 0.5) is 5.95 Å². The van der Waals surface area contributed by atoms with Gasteiger partial charge in [0.2, 0.25) is 11.8 Å². The lowest BCUT2D eigenvalue weighted by molar-refractivity contribution is 0.0699. The fourth-order valence-corrected chi connectivity index (χ4v) is 2.73. The number of carboxylic acids is 1. The average molecular weight is 287 g/mol. The smallest absolute Gasteiger partial charge is 0.337 e. The van der Waals surface area contributed by atoms with Gasteiger partial charge in [-0.15, -0.1) is 11.3 Å². The number of aromatic nitrogens is 2. The van der Waals surface area contributed by atoms with Gasteiger partial charge < -0.3 is 15.6 Å². The third-order valence-corrected chi connectivity index (χ3v) is 3.59. The molecule has 1 aromatic carbocycles. The van der Waals surface area contributed by atoms with Gasteiger partial charge in [0.1, 0.15) is 5.75 Å². The lowest BCUT2D eigenvalue weighted by Crippen LogP contribution is -1.96. The van der Waals surface area contributed by atoms with Crippen molar-refractivity contribution in [2.24, 2.45) is 0 Å². The van der Waals surface area contributed by atoms with Crippen molar-refractivity contribution in [2.45, 2.75) is 0 Å². The highest BCUT2D eigenvalue weighted by Gasteiger charge is 2.11. The number of rotatable bonds is 3. The van der Waals surface area contributed by atoms with E-state index in [1.807, 2.05) is 0 Å². The number of hydrogen-bond donors (Lipinski definition) is 2. The summed E-state index contributed by atoms with van der Waals surface area (Å²) in [5.41, 5.74) is 5.77. The molecule has 0 radical (unpaired) electrons. The predicted octanol–water partition coefficient (Wildman–Crippen LogP) is 2.76. The van der Waals surface area contributed by atoms with Crippen LogP contribution in [0.15, 0.2) is 35.8 Å².